The molecule has 1 heterocycles. The van der Waals surface area contributed by atoms with Gasteiger partial charge < -0.3 is 10.2 Å². The number of nitrogen functional groups attached to an aromatic ring is 1. The minimum absolute atomic E-state index is 0.247. The Balaban J connectivity index is 0.000000657. The van der Waals surface area contributed by atoms with E-state index in [9.17, 15) is 0 Å². The molecule has 2 aromatic rings. The maximum atomic E-state index is 5.69. The fourth-order valence-corrected chi connectivity index (χ4v) is 8.03. The second-order valence-electron chi connectivity index (χ2n) is 17.6. The number of aryl methyl sites for hydroxylation is 4. The normalized spacial score (nSPS) is 19.3. The van der Waals surface area contributed by atoms with Gasteiger partial charge in [-0.15, -0.1) is 6.58 Å². The number of allylic oxidation sites excluding steroid dienone is 3. The molecule has 1 aliphatic rings. The topological polar surface area (TPSA) is 39.2 Å². The molecular formula is C42H73NO. The van der Waals surface area contributed by atoms with Crippen molar-refractivity contribution in [1.29, 1.82) is 0 Å². The van der Waals surface area contributed by atoms with Crippen LogP contribution in [0.4, 0.5) is 5.69 Å². The van der Waals surface area contributed by atoms with Crippen LogP contribution in [0.15, 0.2) is 58.7 Å². The first-order valence-electron chi connectivity index (χ1n) is 16.9. The molecule has 3 rings (SSSR count). The molecule has 252 valence electrons. The summed E-state index contributed by atoms with van der Waals surface area (Å²) in [6.45, 7) is 43.1. The van der Waals surface area contributed by atoms with E-state index in [-0.39, 0.29) is 5.41 Å². The minimum atomic E-state index is 0.247. The lowest BCUT2D eigenvalue weighted by Crippen LogP contribution is -2.38. The molecule has 2 heteroatoms. The number of furan rings is 1. The van der Waals surface area contributed by atoms with Gasteiger partial charge in [0.1, 0.15) is 5.76 Å². The highest BCUT2D eigenvalue weighted by Crippen LogP contribution is 2.54. The van der Waals surface area contributed by atoms with E-state index >= 15 is 0 Å². The van der Waals surface area contributed by atoms with Crippen molar-refractivity contribution in [3.8, 4) is 0 Å². The fourth-order valence-electron chi connectivity index (χ4n) is 8.03. The third-order valence-corrected chi connectivity index (χ3v) is 8.94. The van der Waals surface area contributed by atoms with Gasteiger partial charge in [-0.05, 0) is 143 Å². The van der Waals surface area contributed by atoms with Crippen LogP contribution < -0.4 is 5.73 Å². The van der Waals surface area contributed by atoms with E-state index in [2.05, 4.69) is 130 Å². The maximum absolute atomic E-state index is 5.69. The third-order valence-electron chi connectivity index (χ3n) is 8.94. The lowest BCUT2D eigenvalue weighted by molar-refractivity contribution is 0.0302. The Hall–Kier alpha value is -2.22. The van der Waals surface area contributed by atoms with Gasteiger partial charge in [0.05, 0.1) is 6.26 Å². The Bertz CT molecular complexity index is 1070. The Morgan fingerprint density at radius 1 is 0.705 bits per heavy atom. The molecule has 1 aliphatic carbocycles. The van der Waals surface area contributed by atoms with E-state index in [0.29, 0.717) is 21.7 Å². The molecule has 1 aromatic carbocycles. The van der Waals surface area contributed by atoms with Crippen molar-refractivity contribution in [2.45, 2.75) is 156 Å². The summed E-state index contributed by atoms with van der Waals surface area (Å²) < 4.78 is 4.98. The van der Waals surface area contributed by atoms with Crippen LogP contribution in [0, 0.1) is 47.8 Å². The molecule has 0 unspecified atom stereocenters. The zero-order valence-corrected chi connectivity index (χ0v) is 32.4. The van der Waals surface area contributed by atoms with E-state index in [4.69, 9.17) is 10.2 Å². The summed E-state index contributed by atoms with van der Waals surface area (Å²) in [5.41, 5.74) is 15.0. The van der Waals surface area contributed by atoms with Gasteiger partial charge >= 0.3 is 0 Å². The van der Waals surface area contributed by atoms with Gasteiger partial charge in [-0.1, -0.05) is 92.5 Å². The Morgan fingerprint density at radius 3 is 1.36 bits per heavy atom. The molecule has 1 aromatic heterocycles. The monoisotopic (exact) mass is 608 g/mol. The molecule has 0 spiro atoms. The Kier molecular flexibility index (Phi) is 16.1. The molecule has 0 atom stereocenters. The molecule has 0 aliphatic heterocycles. The zero-order chi connectivity index (χ0) is 34.7. The first kappa shape index (κ1) is 41.8. The van der Waals surface area contributed by atoms with Gasteiger partial charge in [-0.2, -0.15) is 0 Å². The molecule has 44 heavy (non-hydrogen) atoms. The lowest BCUT2D eigenvalue weighted by Gasteiger charge is -2.49. The maximum Gasteiger partial charge on any atom is 0.103 e. The number of nitrogens with two attached hydrogens (primary N) is 1. The number of anilines is 1. The molecular weight excluding hydrogens is 534 g/mol. The second kappa shape index (κ2) is 16.9. The number of hydrogen-bond acceptors (Lipinski definition) is 2. The van der Waals surface area contributed by atoms with E-state index in [1.807, 2.05) is 25.1 Å². The molecule has 0 saturated heterocycles. The Labute approximate surface area is 275 Å². The van der Waals surface area contributed by atoms with Crippen LogP contribution in [0.1, 0.15) is 151 Å². The summed E-state index contributed by atoms with van der Waals surface area (Å²) in [7, 11) is 0. The number of benzene rings is 1. The zero-order valence-electron chi connectivity index (χ0n) is 32.4. The van der Waals surface area contributed by atoms with Gasteiger partial charge in [0.25, 0.3) is 0 Å². The predicted octanol–water partition coefficient (Wildman–Crippen LogP) is 13.6. The van der Waals surface area contributed by atoms with Crippen molar-refractivity contribution in [1.82, 2.24) is 0 Å². The van der Waals surface area contributed by atoms with Crippen molar-refractivity contribution in [3.63, 3.8) is 0 Å². The highest BCUT2D eigenvalue weighted by atomic mass is 16.3. The molecule has 2 N–H and O–H groups in total. The highest BCUT2D eigenvalue weighted by Gasteiger charge is 2.43. The quantitative estimate of drug-likeness (QED) is 0.272. The van der Waals surface area contributed by atoms with E-state index in [1.165, 1.54) is 59.9 Å². The van der Waals surface area contributed by atoms with Gasteiger partial charge in [-0.3, -0.25) is 0 Å². The van der Waals surface area contributed by atoms with Gasteiger partial charge in [0.2, 0.25) is 0 Å². The largest absolute Gasteiger partial charge is 0.469 e. The van der Waals surface area contributed by atoms with Crippen molar-refractivity contribution in [3.05, 3.63) is 76.8 Å². The van der Waals surface area contributed by atoms with E-state index in [1.54, 1.807) is 6.26 Å². The predicted molar refractivity (Wildman–Crippen MR) is 199 cm³/mol. The average Bonchev–Trinajstić information content (AvgIpc) is 3.34. The number of rotatable bonds is 2. The van der Waals surface area contributed by atoms with Crippen molar-refractivity contribution in [2.24, 2.45) is 27.1 Å². The van der Waals surface area contributed by atoms with Gasteiger partial charge in [-0.25, -0.2) is 0 Å². The minimum Gasteiger partial charge on any atom is -0.469 e. The van der Waals surface area contributed by atoms with Crippen molar-refractivity contribution >= 4 is 5.69 Å². The highest BCUT2D eigenvalue weighted by molar-refractivity contribution is 5.50. The molecule has 2 nitrogen and oxygen atoms in total. The number of hydrogen-bond donors (Lipinski definition) is 1. The summed E-state index contributed by atoms with van der Waals surface area (Å²) in [6, 6.07) is 8.01. The van der Waals surface area contributed by atoms with Crippen molar-refractivity contribution in [2.75, 3.05) is 5.73 Å². The molecule has 0 radical (unpaired) electrons. The molecule has 0 bridgehead atoms. The van der Waals surface area contributed by atoms with Crippen LogP contribution in [0.3, 0.4) is 0 Å². The summed E-state index contributed by atoms with van der Waals surface area (Å²) >= 11 is 0. The van der Waals surface area contributed by atoms with Crippen LogP contribution in [0.2, 0.25) is 0 Å². The average molecular weight is 608 g/mol. The summed E-state index contributed by atoms with van der Waals surface area (Å²) in [5.74, 6) is 1.06. The molecule has 0 amide bonds. The van der Waals surface area contributed by atoms with Crippen LogP contribution in [0.5, 0.6) is 0 Å². The summed E-state index contributed by atoms with van der Waals surface area (Å²) in [5, 5.41) is 0. The first-order valence-corrected chi connectivity index (χ1v) is 16.9. The van der Waals surface area contributed by atoms with Crippen LogP contribution in [-0.4, -0.2) is 0 Å². The Morgan fingerprint density at radius 2 is 1.09 bits per heavy atom. The molecule has 1 saturated carbocycles. The van der Waals surface area contributed by atoms with Crippen LogP contribution >= 0.6 is 0 Å². The third kappa shape index (κ3) is 16.7. The standard InChI is InChI=1S/C21H40.C9H13N.C6H8O.C6H12/c1-11-21(10)15-19(6,7)13-17(2,3)12-18(4,5)14-20(8,9)16-21;1-6-4-8(3)9(10)5-7(6)2;1-2-6-4-3-5-7-6;1-5(2)6(3)4/h11H,1,12-16H2,2-10H3;4-5H,10H2,1-3H3;3-5H,2H2,1H3;1-4H3. The fraction of sp³-hybridized carbons (Fsp3) is 0.667. The van der Waals surface area contributed by atoms with Gasteiger partial charge in [0, 0.05) is 12.1 Å². The van der Waals surface area contributed by atoms with Crippen LogP contribution in [-0.2, 0) is 6.42 Å². The smallest absolute Gasteiger partial charge is 0.103 e. The lowest BCUT2D eigenvalue weighted by atomic mass is 9.56. The van der Waals surface area contributed by atoms with E-state index < -0.39 is 0 Å². The SMILES string of the molecule is C=CC1(C)CC(C)(C)CC(C)(C)CC(C)(C)CC(C)(C)C1.CC(C)=C(C)C.CCc1ccco1.Cc1cc(C)c(N)cc1C. The summed E-state index contributed by atoms with van der Waals surface area (Å²) in [4.78, 5) is 0. The first-order chi connectivity index (χ1) is 19.8. The van der Waals surface area contributed by atoms with Crippen LogP contribution in [0.25, 0.3) is 0 Å². The van der Waals surface area contributed by atoms with Crippen molar-refractivity contribution < 1.29 is 4.42 Å². The van der Waals surface area contributed by atoms with Gasteiger partial charge in [0.15, 0.2) is 0 Å². The molecule has 1 fully saturated rings. The summed E-state index contributed by atoms with van der Waals surface area (Å²) in [6.07, 6.45) is 11.3. The van der Waals surface area contributed by atoms with E-state index in [0.717, 1.165) is 17.9 Å². The second-order valence-corrected chi connectivity index (χ2v) is 17.6.